The number of benzene rings is 1. The minimum atomic E-state index is -0.843. The molecule has 2 rings (SSSR count). The van der Waals surface area contributed by atoms with Crippen LogP contribution in [0.1, 0.15) is 0 Å². The number of carbonyl (C=O) groups is 1. The molecule has 1 amide bonds. The molecule has 6 nitrogen and oxygen atoms in total. The molecule has 0 aliphatic carbocycles. The summed E-state index contributed by atoms with van der Waals surface area (Å²) in [6.07, 6.45) is -0.843. The maximum Gasteiger partial charge on any atom is 0.410 e. The van der Waals surface area contributed by atoms with E-state index in [-0.39, 0.29) is 0 Å². The molecule has 19 heavy (non-hydrogen) atoms. The van der Waals surface area contributed by atoms with E-state index in [0.29, 0.717) is 18.1 Å². The topological polar surface area (TPSA) is 74.0 Å². The van der Waals surface area contributed by atoms with Gasteiger partial charge in [0.05, 0.1) is 13.2 Å². The van der Waals surface area contributed by atoms with Crippen molar-refractivity contribution < 1.29 is 19.0 Å². The van der Waals surface area contributed by atoms with E-state index in [4.69, 9.17) is 19.9 Å². The number of nitrogens with zero attached hydrogens (tertiary/aromatic N) is 1. The predicted octanol–water partition coefficient (Wildman–Crippen LogP) is 0.855. The van der Waals surface area contributed by atoms with Crippen molar-refractivity contribution in [2.75, 3.05) is 39.5 Å². The zero-order valence-corrected chi connectivity index (χ0v) is 10.7. The van der Waals surface area contributed by atoms with Crippen LogP contribution in [0.5, 0.6) is 11.5 Å². The number of hydrogen-bond acceptors (Lipinski definition) is 5. The quantitative estimate of drug-likeness (QED) is 0.855. The Balaban J connectivity index is 1.83. The van der Waals surface area contributed by atoms with Gasteiger partial charge < -0.3 is 19.9 Å². The zero-order valence-electron chi connectivity index (χ0n) is 10.7. The minimum Gasteiger partial charge on any atom is -0.488 e. The molecule has 2 N–H and O–H groups in total. The van der Waals surface area contributed by atoms with E-state index in [1.54, 1.807) is 18.2 Å². The first-order valence-electron chi connectivity index (χ1n) is 6.25. The summed E-state index contributed by atoms with van der Waals surface area (Å²) in [4.78, 5) is 13.0. The molecular weight excluding hydrogens is 248 g/mol. The highest BCUT2D eigenvalue weighted by Crippen LogP contribution is 2.26. The molecule has 0 aromatic heterocycles. The maximum absolute atomic E-state index is 10.8. The number of morpholine rings is 1. The van der Waals surface area contributed by atoms with Gasteiger partial charge in [0.1, 0.15) is 6.61 Å². The summed E-state index contributed by atoms with van der Waals surface area (Å²) in [5.74, 6) is 0.867. The van der Waals surface area contributed by atoms with Crippen LogP contribution in [0.15, 0.2) is 24.3 Å². The standard InChI is InChI=1S/C13H18N2O4/c14-13(16)19-12-4-2-1-3-11(12)18-10-7-15-5-8-17-9-6-15/h1-4H,5-10H2,(H2,14,16). The monoisotopic (exact) mass is 266 g/mol. The fourth-order valence-corrected chi connectivity index (χ4v) is 1.87. The van der Waals surface area contributed by atoms with Crippen molar-refractivity contribution in [3.8, 4) is 11.5 Å². The van der Waals surface area contributed by atoms with Gasteiger partial charge in [-0.3, -0.25) is 4.90 Å². The minimum absolute atomic E-state index is 0.344. The lowest BCUT2D eigenvalue weighted by atomic mass is 10.3. The van der Waals surface area contributed by atoms with Crippen molar-refractivity contribution in [3.05, 3.63) is 24.3 Å². The van der Waals surface area contributed by atoms with Crippen LogP contribution in [-0.4, -0.2) is 50.4 Å². The third-order valence-corrected chi connectivity index (χ3v) is 2.83. The number of rotatable bonds is 5. The summed E-state index contributed by atoms with van der Waals surface area (Å²) >= 11 is 0. The Kier molecular flexibility index (Phi) is 5.00. The average Bonchev–Trinajstić information content (AvgIpc) is 2.41. The van der Waals surface area contributed by atoms with Gasteiger partial charge in [0.15, 0.2) is 11.5 Å². The molecule has 1 saturated heterocycles. The molecule has 104 valence electrons. The lowest BCUT2D eigenvalue weighted by molar-refractivity contribution is 0.0321. The van der Waals surface area contributed by atoms with E-state index in [1.807, 2.05) is 6.07 Å². The van der Waals surface area contributed by atoms with Gasteiger partial charge >= 0.3 is 6.09 Å². The Morgan fingerprint density at radius 1 is 1.26 bits per heavy atom. The Morgan fingerprint density at radius 2 is 1.95 bits per heavy atom. The molecule has 0 unspecified atom stereocenters. The van der Waals surface area contributed by atoms with Crippen LogP contribution >= 0.6 is 0 Å². The largest absolute Gasteiger partial charge is 0.488 e. The van der Waals surface area contributed by atoms with Crippen LogP contribution in [0.4, 0.5) is 4.79 Å². The number of carbonyl (C=O) groups excluding carboxylic acids is 1. The third kappa shape index (κ3) is 4.42. The van der Waals surface area contributed by atoms with Crippen LogP contribution in [0.25, 0.3) is 0 Å². The molecule has 1 aliphatic rings. The van der Waals surface area contributed by atoms with E-state index in [1.165, 1.54) is 0 Å². The van der Waals surface area contributed by atoms with Crippen LogP contribution in [0, 0.1) is 0 Å². The van der Waals surface area contributed by atoms with E-state index in [9.17, 15) is 4.79 Å². The molecule has 0 spiro atoms. The fourth-order valence-electron chi connectivity index (χ4n) is 1.87. The molecule has 1 heterocycles. The lowest BCUT2D eigenvalue weighted by Crippen LogP contribution is -2.38. The highest BCUT2D eigenvalue weighted by molar-refractivity contribution is 5.69. The van der Waals surface area contributed by atoms with Crippen molar-refractivity contribution in [3.63, 3.8) is 0 Å². The summed E-state index contributed by atoms with van der Waals surface area (Å²) in [5, 5.41) is 0. The summed E-state index contributed by atoms with van der Waals surface area (Å²) < 4.78 is 15.8. The molecule has 0 saturated carbocycles. The Hall–Kier alpha value is -1.79. The average molecular weight is 266 g/mol. The van der Waals surface area contributed by atoms with Gasteiger partial charge in [0, 0.05) is 19.6 Å². The summed E-state index contributed by atoms with van der Waals surface area (Å²) in [7, 11) is 0. The number of ether oxygens (including phenoxy) is 3. The van der Waals surface area contributed by atoms with Gasteiger partial charge in [0.25, 0.3) is 0 Å². The molecular formula is C13H18N2O4. The summed E-state index contributed by atoms with van der Waals surface area (Å²) in [6, 6.07) is 6.97. The van der Waals surface area contributed by atoms with Gasteiger partial charge in [-0.05, 0) is 12.1 Å². The smallest absolute Gasteiger partial charge is 0.410 e. The van der Waals surface area contributed by atoms with E-state index < -0.39 is 6.09 Å². The van der Waals surface area contributed by atoms with Crippen molar-refractivity contribution in [1.29, 1.82) is 0 Å². The number of para-hydroxylation sites is 2. The number of amides is 1. The van der Waals surface area contributed by atoms with Crippen LogP contribution in [0.2, 0.25) is 0 Å². The van der Waals surface area contributed by atoms with Gasteiger partial charge in [-0.15, -0.1) is 0 Å². The van der Waals surface area contributed by atoms with Gasteiger partial charge in [-0.25, -0.2) is 4.79 Å². The van der Waals surface area contributed by atoms with E-state index >= 15 is 0 Å². The Morgan fingerprint density at radius 3 is 2.63 bits per heavy atom. The molecule has 0 atom stereocenters. The molecule has 1 fully saturated rings. The molecule has 0 bridgehead atoms. The van der Waals surface area contributed by atoms with Crippen LogP contribution in [0.3, 0.4) is 0 Å². The van der Waals surface area contributed by atoms with Crippen LogP contribution in [-0.2, 0) is 4.74 Å². The predicted molar refractivity (Wildman–Crippen MR) is 69.4 cm³/mol. The Labute approximate surface area is 112 Å². The molecule has 1 aromatic carbocycles. The van der Waals surface area contributed by atoms with Gasteiger partial charge in [0.2, 0.25) is 0 Å². The lowest BCUT2D eigenvalue weighted by Gasteiger charge is -2.26. The van der Waals surface area contributed by atoms with Crippen molar-refractivity contribution in [2.45, 2.75) is 0 Å². The van der Waals surface area contributed by atoms with Crippen molar-refractivity contribution in [1.82, 2.24) is 4.90 Å². The normalized spacial score (nSPS) is 16.0. The summed E-state index contributed by atoms with van der Waals surface area (Å²) in [5.41, 5.74) is 5.00. The van der Waals surface area contributed by atoms with E-state index in [2.05, 4.69) is 4.90 Å². The first-order valence-corrected chi connectivity index (χ1v) is 6.25. The Bertz CT molecular complexity index is 419. The maximum atomic E-state index is 10.8. The number of nitrogens with two attached hydrogens (primary N) is 1. The highest BCUT2D eigenvalue weighted by Gasteiger charge is 2.11. The third-order valence-electron chi connectivity index (χ3n) is 2.83. The molecule has 1 aliphatic heterocycles. The fraction of sp³-hybridized carbons (Fsp3) is 0.462. The first-order chi connectivity index (χ1) is 9.25. The second-order valence-corrected chi connectivity index (χ2v) is 4.17. The summed E-state index contributed by atoms with van der Waals surface area (Å²) in [6.45, 7) is 4.71. The van der Waals surface area contributed by atoms with Gasteiger partial charge in [-0.1, -0.05) is 12.1 Å². The second-order valence-electron chi connectivity index (χ2n) is 4.17. The van der Waals surface area contributed by atoms with E-state index in [0.717, 1.165) is 32.8 Å². The van der Waals surface area contributed by atoms with Gasteiger partial charge in [-0.2, -0.15) is 0 Å². The first kappa shape index (κ1) is 13.6. The number of primary amides is 1. The molecule has 6 heteroatoms. The second kappa shape index (κ2) is 6.96. The van der Waals surface area contributed by atoms with Crippen molar-refractivity contribution >= 4 is 6.09 Å². The molecule has 0 radical (unpaired) electrons. The van der Waals surface area contributed by atoms with Crippen molar-refractivity contribution in [2.24, 2.45) is 5.73 Å². The SMILES string of the molecule is NC(=O)Oc1ccccc1OCCN1CCOCC1. The zero-order chi connectivity index (χ0) is 13.5. The van der Waals surface area contributed by atoms with Crippen LogP contribution < -0.4 is 15.2 Å². The number of hydrogen-bond donors (Lipinski definition) is 1. The molecule has 1 aromatic rings. The highest BCUT2D eigenvalue weighted by atomic mass is 16.6.